The first-order valence-corrected chi connectivity index (χ1v) is 5.09. The van der Waals surface area contributed by atoms with Crippen molar-refractivity contribution in [3.63, 3.8) is 0 Å². The molecular weight excluding hydrogens is 192 g/mol. The second kappa shape index (κ2) is 3.79. The maximum Gasteiger partial charge on any atom is 0.122 e. The minimum Gasteiger partial charge on any atom is -0.497 e. The highest BCUT2D eigenvalue weighted by Crippen LogP contribution is 2.42. The molecule has 2 rings (SSSR count). The smallest absolute Gasteiger partial charge is 0.122 e. The van der Waals surface area contributed by atoms with Gasteiger partial charge in [0.25, 0.3) is 0 Å². The maximum atomic E-state index is 9.39. The van der Waals surface area contributed by atoms with Gasteiger partial charge in [0.05, 0.1) is 18.9 Å². The topological polar surface area (TPSA) is 68.4 Å². The van der Waals surface area contributed by atoms with Gasteiger partial charge in [-0.05, 0) is 18.9 Å². The van der Waals surface area contributed by atoms with Crippen LogP contribution in [0, 0.1) is 0 Å². The minimum absolute atomic E-state index is 0.145. The third kappa shape index (κ3) is 1.70. The lowest BCUT2D eigenvalue weighted by atomic mass is 9.64. The van der Waals surface area contributed by atoms with Gasteiger partial charge >= 0.3 is 0 Å². The Labute approximate surface area is 89.1 Å². The quantitative estimate of drug-likeness (QED) is 0.756. The molecule has 0 aliphatic heterocycles. The summed E-state index contributed by atoms with van der Waals surface area (Å²) in [6.07, 6.45) is 2.88. The molecular formula is C11H16N2O2. The lowest BCUT2D eigenvalue weighted by Gasteiger charge is -2.44. The van der Waals surface area contributed by atoms with Crippen LogP contribution in [0.1, 0.15) is 18.5 Å². The van der Waals surface area contributed by atoms with E-state index in [9.17, 15) is 5.11 Å². The molecule has 1 aliphatic rings. The Kier molecular flexibility index (Phi) is 2.63. The minimum atomic E-state index is -0.235. The van der Waals surface area contributed by atoms with E-state index in [0.29, 0.717) is 19.4 Å². The van der Waals surface area contributed by atoms with E-state index in [1.807, 2.05) is 12.1 Å². The second-order valence-electron chi connectivity index (χ2n) is 4.13. The molecule has 0 spiro atoms. The maximum absolute atomic E-state index is 9.39. The Bertz CT molecular complexity index is 348. The van der Waals surface area contributed by atoms with E-state index in [0.717, 1.165) is 11.4 Å². The standard InChI is InChI=1S/C11H16N2O2/c1-15-9-2-3-13-10(4-9)11(7-12)5-8(14)6-11/h2-4,8,14H,5-7,12H2,1H3. The molecule has 82 valence electrons. The number of methoxy groups -OCH3 is 1. The lowest BCUT2D eigenvalue weighted by molar-refractivity contribution is 0.0199. The molecule has 0 aromatic carbocycles. The molecule has 15 heavy (non-hydrogen) atoms. The van der Waals surface area contributed by atoms with E-state index >= 15 is 0 Å². The zero-order chi connectivity index (χ0) is 10.9. The number of aliphatic hydroxyl groups is 1. The molecule has 1 heterocycles. The number of pyridine rings is 1. The van der Waals surface area contributed by atoms with E-state index in [1.165, 1.54) is 0 Å². The van der Waals surface area contributed by atoms with E-state index in [2.05, 4.69) is 4.98 Å². The zero-order valence-corrected chi connectivity index (χ0v) is 8.81. The van der Waals surface area contributed by atoms with Crippen LogP contribution >= 0.6 is 0 Å². The Morgan fingerprint density at radius 1 is 1.67 bits per heavy atom. The lowest BCUT2D eigenvalue weighted by Crippen LogP contribution is -2.50. The van der Waals surface area contributed by atoms with Crippen molar-refractivity contribution in [3.8, 4) is 5.75 Å². The number of rotatable bonds is 3. The Balaban J connectivity index is 2.27. The fourth-order valence-corrected chi connectivity index (χ4v) is 2.15. The van der Waals surface area contributed by atoms with Crippen molar-refractivity contribution in [1.82, 2.24) is 4.98 Å². The average molecular weight is 208 g/mol. The fraction of sp³-hybridized carbons (Fsp3) is 0.545. The number of nitrogens with zero attached hydrogens (tertiary/aromatic N) is 1. The highest BCUT2D eigenvalue weighted by atomic mass is 16.5. The molecule has 0 atom stereocenters. The van der Waals surface area contributed by atoms with Crippen molar-refractivity contribution in [2.45, 2.75) is 24.4 Å². The average Bonchev–Trinajstić information content (AvgIpc) is 2.24. The van der Waals surface area contributed by atoms with Crippen LogP contribution < -0.4 is 10.5 Å². The Morgan fingerprint density at radius 2 is 2.40 bits per heavy atom. The summed E-state index contributed by atoms with van der Waals surface area (Å²) in [6, 6.07) is 3.71. The number of ether oxygens (including phenoxy) is 1. The number of aromatic nitrogens is 1. The molecule has 0 amide bonds. The highest BCUT2D eigenvalue weighted by molar-refractivity contribution is 5.30. The van der Waals surface area contributed by atoms with Crippen molar-refractivity contribution >= 4 is 0 Å². The van der Waals surface area contributed by atoms with Crippen LogP contribution in [0.25, 0.3) is 0 Å². The highest BCUT2D eigenvalue weighted by Gasteiger charge is 2.45. The molecule has 1 aromatic rings. The second-order valence-corrected chi connectivity index (χ2v) is 4.13. The van der Waals surface area contributed by atoms with Crippen LogP contribution in [0.3, 0.4) is 0 Å². The molecule has 0 saturated heterocycles. The first-order chi connectivity index (χ1) is 7.20. The first-order valence-electron chi connectivity index (χ1n) is 5.09. The number of hydrogen-bond donors (Lipinski definition) is 2. The molecule has 0 bridgehead atoms. The van der Waals surface area contributed by atoms with Gasteiger partial charge in [-0.25, -0.2) is 0 Å². The number of hydrogen-bond acceptors (Lipinski definition) is 4. The summed E-state index contributed by atoms with van der Waals surface area (Å²) in [4.78, 5) is 4.32. The van der Waals surface area contributed by atoms with Gasteiger partial charge in [0.15, 0.2) is 0 Å². The molecule has 0 radical (unpaired) electrons. The van der Waals surface area contributed by atoms with E-state index in [1.54, 1.807) is 13.3 Å². The fourth-order valence-electron chi connectivity index (χ4n) is 2.15. The van der Waals surface area contributed by atoms with E-state index in [4.69, 9.17) is 10.5 Å². The zero-order valence-electron chi connectivity index (χ0n) is 8.81. The molecule has 4 nitrogen and oxygen atoms in total. The van der Waals surface area contributed by atoms with Gasteiger partial charge < -0.3 is 15.6 Å². The summed E-state index contributed by atoms with van der Waals surface area (Å²) in [5.74, 6) is 0.786. The van der Waals surface area contributed by atoms with Crippen LogP contribution in [-0.2, 0) is 5.41 Å². The van der Waals surface area contributed by atoms with Gasteiger partial charge in [-0.3, -0.25) is 4.98 Å². The Morgan fingerprint density at radius 3 is 2.93 bits per heavy atom. The molecule has 1 aromatic heterocycles. The van der Waals surface area contributed by atoms with Gasteiger partial charge in [-0.2, -0.15) is 0 Å². The van der Waals surface area contributed by atoms with Crippen molar-refractivity contribution < 1.29 is 9.84 Å². The summed E-state index contributed by atoms with van der Waals surface area (Å²) < 4.78 is 5.15. The molecule has 1 saturated carbocycles. The summed E-state index contributed by atoms with van der Waals surface area (Å²) in [5, 5.41) is 9.39. The van der Waals surface area contributed by atoms with Crippen LogP contribution in [0.2, 0.25) is 0 Å². The number of nitrogens with two attached hydrogens (primary N) is 1. The SMILES string of the molecule is COc1ccnc(C2(CN)CC(O)C2)c1. The van der Waals surface area contributed by atoms with Gasteiger partial charge in [0, 0.05) is 24.2 Å². The van der Waals surface area contributed by atoms with Crippen molar-refractivity contribution in [2.75, 3.05) is 13.7 Å². The van der Waals surface area contributed by atoms with Gasteiger partial charge in [0.1, 0.15) is 5.75 Å². The van der Waals surface area contributed by atoms with Crippen LogP contribution in [0.5, 0.6) is 5.75 Å². The van der Waals surface area contributed by atoms with E-state index in [-0.39, 0.29) is 11.5 Å². The molecule has 3 N–H and O–H groups in total. The number of aliphatic hydroxyl groups excluding tert-OH is 1. The predicted octanol–water partition coefficient (Wildman–Crippen LogP) is 0.441. The first kappa shape index (κ1) is 10.4. The summed E-state index contributed by atoms with van der Waals surface area (Å²) in [6.45, 7) is 0.518. The summed E-state index contributed by atoms with van der Waals surface area (Å²) in [7, 11) is 1.63. The monoisotopic (exact) mass is 208 g/mol. The van der Waals surface area contributed by atoms with Gasteiger partial charge in [-0.1, -0.05) is 0 Å². The van der Waals surface area contributed by atoms with Crippen LogP contribution in [0.15, 0.2) is 18.3 Å². The predicted molar refractivity (Wildman–Crippen MR) is 56.8 cm³/mol. The van der Waals surface area contributed by atoms with E-state index < -0.39 is 0 Å². The largest absolute Gasteiger partial charge is 0.497 e. The van der Waals surface area contributed by atoms with Crippen molar-refractivity contribution in [1.29, 1.82) is 0 Å². The molecule has 1 aliphatic carbocycles. The van der Waals surface area contributed by atoms with Gasteiger partial charge in [-0.15, -0.1) is 0 Å². The van der Waals surface area contributed by atoms with Crippen molar-refractivity contribution in [2.24, 2.45) is 5.73 Å². The summed E-state index contributed by atoms with van der Waals surface area (Å²) >= 11 is 0. The normalized spacial score (nSPS) is 29.7. The third-order valence-corrected chi connectivity index (χ3v) is 3.15. The van der Waals surface area contributed by atoms with Crippen LogP contribution in [0.4, 0.5) is 0 Å². The molecule has 1 fully saturated rings. The third-order valence-electron chi connectivity index (χ3n) is 3.15. The molecule has 4 heteroatoms. The van der Waals surface area contributed by atoms with Crippen LogP contribution in [-0.4, -0.2) is 29.8 Å². The molecule has 0 unspecified atom stereocenters. The van der Waals surface area contributed by atoms with Gasteiger partial charge in [0.2, 0.25) is 0 Å². The Hall–Kier alpha value is -1.13. The summed E-state index contributed by atoms with van der Waals surface area (Å²) in [5.41, 5.74) is 6.54. The van der Waals surface area contributed by atoms with Crippen molar-refractivity contribution in [3.05, 3.63) is 24.0 Å².